The third-order valence-corrected chi connectivity index (χ3v) is 8.51. The molecule has 194 valence electrons. The van der Waals surface area contributed by atoms with Crippen LogP contribution in [-0.4, -0.2) is 18.2 Å². The molecule has 0 radical (unpaired) electrons. The van der Waals surface area contributed by atoms with Crippen LogP contribution in [0, 0.1) is 3.57 Å². The standard InChI is InChI=1S/C32H30INO4/c1-2-37-28-17-21(16-23(33)32(28)38-18-20-10-5-9-19-8-3-4-11-22(19)20)29-30-24(12-6-14-26(30)35)34-25-13-7-15-27(36)31(25)29/h3-5,8-11,16-17,29,34H,2,6-7,12-15,18H2,1H3. The smallest absolute Gasteiger partial charge is 0.174 e. The van der Waals surface area contributed by atoms with Crippen LogP contribution in [0.4, 0.5) is 0 Å². The van der Waals surface area contributed by atoms with Crippen molar-refractivity contribution in [3.05, 3.63) is 91.8 Å². The van der Waals surface area contributed by atoms with Crippen molar-refractivity contribution in [1.29, 1.82) is 0 Å². The molecule has 0 saturated heterocycles. The van der Waals surface area contributed by atoms with E-state index in [0.29, 0.717) is 37.6 Å². The van der Waals surface area contributed by atoms with Crippen molar-refractivity contribution in [2.45, 2.75) is 58.0 Å². The summed E-state index contributed by atoms with van der Waals surface area (Å²) < 4.78 is 13.4. The first-order chi connectivity index (χ1) is 18.5. The van der Waals surface area contributed by atoms with Crippen molar-refractivity contribution in [2.75, 3.05) is 6.61 Å². The van der Waals surface area contributed by atoms with Gasteiger partial charge in [0.15, 0.2) is 23.1 Å². The van der Waals surface area contributed by atoms with Crippen molar-refractivity contribution in [1.82, 2.24) is 5.32 Å². The second kappa shape index (κ2) is 10.6. The number of benzene rings is 3. The quantitative estimate of drug-likeness (QED) is 0.298. The number of rotatable bonds is 6. The average molecular weight is 619 g/mol. The number of nitrogens with one attached hydrogen (secondary N) is 1. The van der Waals surface area contributed by atoms with Crippen LogP contribution in [0.3, 0.4) is 0 Å². The zero-order chi connectivity index (χ0) is 26.2. The lowest BCUT2D eigenvalue weighted by molar-refractivity contribution is -0.117. The van der Waals surface area contributed by atoms with E-state index in [4.69, 9.17) is 9.47 Å². The molecular formula is C32H30INO4. The molecule has 0 saturated carbocycles. The molecule has 0 amide bonds. The Morgan fingerprint density at radius 2 is 1.55 bits per heavy atom. The van der Waals surface area contributed by atoms with E-state index in [9.17, 15) is 9.59 Å². The van der Waals surface area contributed by atoms with Crippen molar-refractivity contribution in [3.8, 4) is 11.5 Å². The van der Waals surface area contributed by atoms with Gasteiger partial charge in [-0.3, -0.25) is 9.59 Å². The van der Waals surface area contributed by atoms with Gasteiger partial charge in [-0.2, -0.15) is 0 Å². The fraction of sp³-hybridized carbons (Fsp3) is 0.312. The molecule has 2 aliphatic carbocycles. The Balaban J connectivity index is 1.41. The molecule has 3 aliphatic rings. The Morgan fingerprint density at radius 1 is 0.868 bits per heavy atom. The van der Waals surface area contributed by atoms with Crippen LogP contribution in [0.1, 0.15) is 62.5 Å². The molecule has 0 bridgehead atoms. The number of hydrogen-bond acceptors (Lipinski definition) is 5. The van der Waals surface area contributed by atoms with Gasteiger partial charge in [0.05, 0.1) is 10.2 Å². The molecule has 1 N–H and O–H groups in total. The number of halogens is 1. The molecular weight excluding hydrogens is 589 g/mol. The van der Waals surface area contributed by atoms with Gasteiger partial charge in [0.2, 0.25) is 0 Å². The molecule has 0 spiro atoms. The summed E-state index contributed by atoms with van der Waals surface area (Å²) in [6.45, 7) is 2.84. The zero-order valence-electron chi connectivity index (χ0n) is 21.4. The Morgan fingerprint density at radius 3 is 2.26 bits per heavy atom. The lowest BCUT2D eigenvalue weighted by atomic mass is 9.71. The summed E-state index contributed by atoms with van der Waals surface area (Å²) in [5, 5.41) is 5.84. The van der Waals surface area contributed by atoms with E-state index in [2.05, 4.69) is 64.3 Å². The fourth-order valence-electron chi connectivity index (χ4n) is 6.04. The van der Waals surface area contributed by atoms with E-state index >= 15 is 0 Å². The number of carbonyl (C=O) groups is 2. The number of hydrogen-bond donors (Lipinski definition) is 1. The monoisotopic (exact) mass is 619 g/mol. The van der Waals surface area contributed by atoms with Crippen molar-refractivity contribution < 1.29 is 19.1 Å². The van der Waals surface area contributed by atoms with E-state index in [1.165, 1.54) is 10.8 Å². The first-order valence-electron chi connectivity index (χ1n) is 13.4. The molecule has 1 aliphatic heterocycles. The molecule has 38 heavy (non-hydrogen) atoms. The minimum absolute atomic E-state index is 0.137. The van der Waals surface area contributed by atoms with Crippen molar-refractivity contribution in [3.63, 3.8) is 0 Å². The lowest BCUT2D eigenvalue weighted by Gasteiger charge is -2.37. The number of fused-ring (bicyclic) bond motifs is 1. The molecule has 0 atom stereocenters. The molecule has 1 heterocycles. The van der Waals surface area contributed by atoms with Gasteiger partial charge in [0.1, 0.15) is 6.61 Å². The molecule has 3 aromatic rings. The van der Waals surface area contributed by atoms with Gasteiger partial charge in [-0.25, -0.2) is 0 Å². The number of ether oxygens (including phenoxy) is 2. The highest BCUT2D eigenvalue weighted by atomic mass is 127. The van der Waals surface area contributed by atoms with Crippen LogP contribution in [0.5, 0.6) is 11.5 Å². The summed E-state index contributed by atoms with van der Waals surface area (Å²) in [7, 11) is 0. The van der Waals surface area contributed by atoms with E-state index in [0.717, 1.165) is 62.9 Å². The van der Waals surface area contributed by atoms with Crippen molar-refractivity contribution >= 4 is 44.9 Å². The maximum absolute atomic E-state index is 13.2. The number of carbonyl (C=O) groups excluding carboxylic acids is 2. The number of Topliss-reactive ketones (excluding diaryl/α,β-unsaturated/α-hetero) is 2. The maximum Gasteiger partial charge on any atom is 0.174 e. The van der Waals surface area contributed by atoms with Gasteiger partial charge in [-0.15, -0.1) is 0 Å². The summed E-state index contributed by atoms with van der Waals surface area (Å²) >= 11 is 2.29. The maximum atomic E-state index is 13.2. The lowest BCUT2D eigenvalue weighted by Crippen LogP contribution is -2.36. The topological polar surface area (TPSA) is 64.6 Å². The molecule has 0 unspecified atom stereocenters. The third kappa shape index (κ3) is 4.53. The SMILES string of the molecule is CCOc1cc(C2C3=C(CCCC3=O)NC3=C2C(=O)CCC3)cc(I)c1OCc1cccc2ccccc12. The van der Waals surface area contributed by atoms with E-state index in [1.807, 2.05) is 25.1 Å². The molecule has 0 aromatic heterocycles. The van der Waals surface area contributed by atoms with Crippen molar-refractivity contribution in [2.24, 2.45) is 0 Å². The van der Waals surface area contributed by atoms with Gasteiger partial charge >= 0.3 is 0 Å². The van der Waals surface area contributed by atoms with Gasteiger partial charge in [0.25, 0.3) is 0 Å². The van der Waals surface area contributed by atoms with Crippen LogP contribution >= 0.6 is 22.6 Å². The Kier molecular flexibility index (Phi) is 6.99. The predicted octanol–water partition coefficient (Wildman–Crippen LogP) is 7.12. The third-order valence-electron chi connectivity index (χ3n) is 7.71. The Bertz CT molecular complexity index is 1470. The molecule has 6 rings (SSSR count). The normalized spacial score (nSPS) is 17.8. The summed E-state index contributed by atoms with van der Waals surface area (Å²) in [5.74, 6) is 1.24. The van der Waals surface area contributed by atoms with E-state index in [1.54, 1.807) is 0 Å². The highest BCUT2D eigenvalue weighted by Gasteiger charge is 2.40. The number of allylic oxidation sites excluding steroid dienone is 4. The summed E-state index contributed by atoms with van der Waals surface area (Å²) in [4.78, 5) is 26.5. The van der Waals surface area contributed by atoms with E-state index in [-0.39, 0.29) is 17.5 Å². The Labute approximate surface area is 236 Å². The zero-order valence-corrected chi connectivity index (χ0v) is 23.6. The van der Waals surface area contributed by atoms with Crippen LogP contribution in [0.2, 0.25) is 0 Å². The largest absolute Gasteiger partial charge is 0.490 e. The van der Waals surface area contributed by atoms with Crippen LogP contribution in [0.25, 0.3) is 10.8 Å². The second-order valence-electron chi connectivity index (χ2n) is 10.1. The minimum Gasteiger partial charge on any atom is -0.490 e. The average Bonchev–Trinajstić information content (AvgIpc) is 2.92. The van der Waals surface area contributed by atoms with Gasteiger partial charge in [-0.1, -0.05) is 42.5 Å². The highest BCUT2D eigenvalue weighted by Crippen LogP contribution is 2.47. The molecule has 6 heteroatoms. The van der Waals surface area contributed by atoms with Crippen LogP contribution < -0.4 is 14.8 Å². The first-order valence-corrected chi connectivity index (χ1v) is 14.5. The van der Waals surface area contributed by atoms with Crippen LogP contribution in [-0.2, 0) is 16.2 Å². The van der Waals surface area contributed by atoms with Gasteiger partial charge in [-0.05, 0) is 89.2 Å². The molecule has 5 nitrogen and oxygen atoms in total. The van der Waals surface area contributed by atoms with Gasteiger partial charge < -0.3 is 14.8 Å². The Hall–Kier alpha value is -3.13. The summed E-state index contributed by atoms with van der Waals surface area (Å²) in [5.41, 5.74) is 5.52. The minimum atomic E-state index is -0.360. The summed E-state index contributed by atoms with van der Waals surface area (Å²) in [6.07, 6.45) is 4.41. The fourth-order valence-corrected chi connectivity index (χ4v) is 6.82. The van der Waals surface area contributed by atoms with E-state index < -0.39 is 0 Å². The highest BCUT2D eigenvalue weighted by molar-refractivity contribution is 14.1. The second-order valence-corrected chi connectivity index (χ2v) is 11.2. The number of ketones is 2. The first kappa shape index (κ1) is 25.2. The summed E-state index contributed by atoms with van der Waals surface area (Å²) in [6, 6.07) is 18.6. The predicted molar refractivity (Wildman–Crippen MR) is 156 cm³/mol. The molecule has 3 aromatic carbocycles. The van der Waals surface area contributed by atoms with Crippen LogP contribution in [0.15, 0.2) is 77.1 Å². The number of dihydropyridines is 1. The molecule has 0 fully saturated rings. The van der Waals surface area contributed by atoms with Gasteiger partial charge in [0, 0.05) is 41.3 Å².